The quantitative estimate of drug-likeness (QED) is 0.940. The molecule has 0 bridgehead atoms. The number of hydrogen-bond donors (Lipinski definition) is 1. The van der Waals surface area contributed by atoms with Crippen LogP contribution in [0.1, 0.15) is 5.82 Å². The van der Waals surface area contributed by atoms with E-state index in [2.05, 4.69) is 26.2 Å². The average molecular weight is 298 g/mol. The molecular formula is C12H13BrFN3. The van der Waals surface area contributed by atoms with Gasteiger partial charge >= 0.3 is 0 Å². The van der Waals surface area contributed by atoms with Gasteiger partial charge in [-0.25, -0.2) is 9.37 Å². The molecule has 0 saturated heterocycles. The maximum atomic E-state index is 13.0. The molecule has 0 radical (unpaired) electrons. The molecule has 1 aromatic carbocycles. The van der Waals surface area contributed by atoms with Gasteiger partial charge in [-0.15, -0.1) is 0 Å². The van der Waals surface area contributed by atoms with E-state index >= 15 is 0 Å². The Balaban J connectivity index is 1.90. The van der Waals surface area contributed by atoms with Crippen LogP contribution >= 0.6 is 15.9 Å². The van der Waals surface area contributed by atoms with Crippen molar-refractivity contribution in [3.8, 4) is 0 Å². The average Bonchev–Trinajstić information content (AvgIpc) is 2.70. The molecule has 0 amide bonds. The summed E-state index contributed by atoms with van der Waals surface area (Å²) in [6.45, 7) is 0.767. The van der Waals surface area contributed by atoms with Crippen LogP contribution < -0.4 is 5.32 Å². The second-order valence-corrected chi connectivity index (χ2v) is 4.61. The van der Waals surface area contributed by atoms with Crippen molar-refractivity contribution in [2.24, 2.45) is 7.05 Å². The number of aromatic nitrogens is 2. The van der Waals surface area contributed by atoms with Gasteiger partial charge in [0.25, 0.3) is 0 Å². The van der Waals surface area contributed by atoms with Crippen LogP contribution in [0.25, 0.3) is 0 Å². The van der Waals surface area contributed by atoms with Crippen LogP contribution in [0.2, 0.25) is 0 Å². The third kappa shape index (κ3) is 3.06. The lowest BCUT2D eigenvalue weighted by atomic mass is 10.3. The number of nitrogens with zero attached hydrogens (tertiary/aromatic N) is 2. The van der Waals surface area contributed by atoms with Crippen molar-refractivity contribution in [3.63, 3.8) is 0 Å². The van der Waals surface area contributed by atoms with E-state index in [1.807, 2.05) is 17.8 Å². The summed E-state index contributed by atoms with van der Waals surface area (Å²) in [6.07, 6.45) is 4.53. The van der Waals surface area contributed by atoms with Crippen LogP contribution in [0, 0.1) is 5.82 Å². The molecule has 0 atom stereocenters. The molecule has 2 aromatic rings. The lowest BCUT2D eigenvalue weighted by molar-refractivity contribution is 0.621. The molecule has 3 nitrogen and oxygen atoms in total. The number of aryl methyl sites for hydroxylation is 1. The molecule has 0 aliphatic carbocycles. The molecule has 0 aliphatic heterocycles. The molecule has 0 saturated carbocycles. The Hall–Kier alpha value is -1.36. The van der Waals surface area contributed by atoms with Crippen molar-refractivity contribution in [1.82, 2.24) is 9.55 Å². The van der Waals surface area contributed by atoms with E-state index in [-0.39, 0.29) is 5.82 Å². The molecule has 90 valence electrons. The molecule has 1 heterocycles. The van der Waals surface area contributed by atoms with Gasteiger partial charge in [0, 0.05) is 38.1 Å². The second-order valence-electron chi connectivity index (χ2n) is 3.76. The molecule has 17 heavy (non-hydrogen) atoms. The van der Waals surface area contributed by atoms with Crippen LogP contribution in [0.5, 0.6) is 0 Å². The number of imidazole rings is 1. The highest BCUT2D eigenvalue weighted by Gasteiger charge is 2.01. The van der Waals surface area contributed by atoms with Crippen molar-refractivity contribution in [1.29, 1.82) is 0 Å². The highest BCUT2D eigenvalue weighted by molar-refractivity contribution is 9.10. The zero-order valence-electron chi connectivity index (χ0n) is 9.45. The minimum atomic E-state index is -0.250. The summed E-state index contributed by atoms with van der Waals surface area (Å²) < 4.78 is 15.5. The Labute approximate surface area is 108 Å². The number of anilines is 1. The van der Waals surface area contributed by atoms with Gasteiger partial charge in [0.15, 0.2) is 0 Å². The zero-order chi connectivity index (χ0) is 12.3. The summed E-state index contributed by atoms with van der Waals surface area (Å²) in [5, 5.41) is 3.23. The zero-order valence-corrected chi connectivity index (χ0v) is 11.0. The standard InChI is InChI=1S/C12H13BrFN3/c1-17-7-6-16-12(17)4-5-15-9-2-3-11(14)10(13)8-9/h2-3,6-8,15H,4-5H2,1H3. The topological polar surface area (TPSA) is 29.9 Å². The molecule has 0 unspecified atom stereocenters. The first-order valence-electron chi connectivity index (χ1n) is 5.32. The molecule has 5 heteroatoms. The first kappa shape index (κ1) is 12.1. The molecular weight excluding hydrogens is 285 g/mol. The van der Waals surface area contributed by atoms with Gasteiger partial charge in [0.05, 0.1) is 4.47 Å². The minimum absolute atomic E-state index is 0.250. The van der Waals surface area contributed by atoms with E-state index in [0.717, 1.165) is 24.5 Å². The van der Waals surface area contributed by atoms with Gasteiger partial charge < -0.3 is 9.88 Å². The smallest absolute Gasteiger partial charge is 0.137 e. The molecule has 0 aliphatic rings. The third-order valence-electron chi connectivity index (χ3n) is 2.52. The van der Waals surface area contributed by atoms with E-state index in [0.29, 0.717) is 4.47 Å². The summed E-state index contributed by atoms with van der Waals surface area (Å²) in [7, 11) is 1.97. The van der Waals surface area contributed by atoms with E-state index in [4.69, 9.17) is 0 Å². The SMILES string of the molecule is Cn1ccnc1CCNc1ccc(F)c(Br)c1. The molecule has 2 rings (SSSR count). The van der Waals surface area contributed by atoms with Gasteiger partial charge in [-0.05, 0) is 34.1 Å². The highest BCUT2D eigenvalue weighted by atomic mass is 79.9. The predicted octanol–water partition coefficient (Wildman–Crippen LogP) is 2.98. The molecule has 0 spiro atoms. The maximum Gasteiger partial charge on any atom is 0.137 e. The third-order valence-corrected chi connectivity index (χ3v) is 3.13. The number of hydrogen-bond acceptors (Lipinski definition) is 2. The van der Waals surface area contributed by atoms with E-state index in [9.17, 15) is 4.39 Å². The van der Waals surface area contributed by atoms with Gasteiger partial charge in [0.2, 0.25) is 0 Å². The summed E-state index contributed by atoms with van der Waals surface area (Å²) in [5.41, 5.74) is 0.896. The molecule has 1 N–H and O–H groups in total. The van der Waals surface area contributed by atoms with Crippen molar-refractivity contribution in [2.45, 2.75) is 6.42 Å². The Morgan fingerprint density at radius 2 is 2.29 bits per heavy atom. The number of halogens is 2. The lowest BCUT2D eigenvalue weighted by Crippen LogP contribution is -2.08. The summed E-state index contributed by atoms with van der Waals surface area (Å²) in [5.74, 6) is 0.776. The Bertz CT molecular complexity index is 510. The fraction of sp³-hybridized carbons (Fsp3) is 0.250. The van der Waals surface area contributed by atoms with Crippen LogP contribution in [-0.2, 0) is 13.5 Å². The normalized spacial score (nSPS) is 10.5. The predicted molar refractivity (Wildman–Crippen MR) is 69.5 cm³/mol. The maximum absolute atomic E-state index is 13.0. The van der Waals surface area contributed by atoms with Crippen LogP contribution in [0.4, 0.5) is 10.1 Å². The Morgan fingerprint density at radius 1 is 1.47 bits per heavy atom. The summed E-state index contributed by atoms with van der Waals surface area (Å²) in [4.78, 5) is 4.23. The fourth-order valence-corrected chi connectivity index (χ4v) is 1.94. The van der Waals surface area contributed by atoms with Crippen LogP contribution in [0.3, 0.4) is 0 Å². The van der Waals surface area contributed by atoms with Crippen molar-refractivity contribution in [3.05, 3.63) is 46.7 Å². The monoisotopic (exact) mass is 297 g/mol. The number of nitrogens with one attached hydrogen (secondary N) is 1. The van der Waals surface area contributed by atoms with E-state index in [1.165, 1.54) is 6.07 Å². The lowest BCUT2D eigenvalue weighted by Gasteiger charge is -2.07. The number of rotatable bonds is 4. The van der Waals surface area contributed by atoms with Crippen molar-refractivity contribution < 1.29 is 4.39 Å². The van der Waals surface area contributed by atoms with Gasteiger partial charge in [-0.2, -0.15) is 0 Å². The Morgan fingerprint density at radius 3 is 2.94 bits per heavy atom. The summed E-state index contributed by atoms with van der Waals surface area (Å²) in [6, 6.07) is 4.89. The Kier molecular flexibility index (Phi) is 3.78. The van der Waals surface area contributed by atoms with Crippen LogP contribution in [0.15, 0.2) is 35.1 Å². The van der Waals surface area contributed by atoms with E-state index < -0.39 is 0 Å². The van der Waals surface area contributed by atoms with Crippen molar-refractivity contribution >= 4 is 21.6 Å². The molecule has 1 aromatic heterocycles. The van der Waals surface area contributed by atoms with Gasteiger partial charge in [-0.3, -0.25) is 0 Å². The van der Waals surface area contributed by atoms with Crippen LogP contribution in [-0.4, -0.2) is 16.1 Å². The fourth-order valence-electron chi connectivity index (χ4n) is 1.56. The van der Waals surface area contributed by atoms with E-state index in [1.54, 1.807) is 18.3 Å². The first-order chi connectivity index (χ1) is 8.16. The largest absolute Gasteiger partial charge is 0.385 e. The van der Waals surface area contributed by atoms with Gasteiger partial charge in [-0.1, -0.05) is 0 Å². The minimum Gasteiger partial charge on any atom is -0.385 e. The highest BCUT2D eigenvalue weighted by Crippen LogP contribution is 2.19. The summed E-state index contributed by atoms with van der Waals surface area (Å²) >= 11 is 3.16. The first-order valence-corrected chi connectivity index (χ1v) is 6.11. The number of benzene rings is 1. The molecule has 0 fully saturated rings. The van der Waals surface area contributed by atoms with Gasteiger partial charge in [0.1, 0.15) is 11.6 Å². The van der Waals surface area contributed by atoms with Crippen molar-refractivity contribution in [2.75, 3.05) is 11.9 Å². The second kappa shape index (κ2) is 5.31.